The summed E-state index contributed by atoms with van der Waals surface area (Å²) in [4.78, 5) is 38.3. The fourth-order valence-electron chi connectivity index (χ4n) is 4.06. The van der Waals surface area contributed by atoms with Gasteiger partial charge in [-0.2, -0.15) is 0 Å². The summed E-state index contributed by atoms with van der Waals surface area (Å²) in [5, 5.41) is 5.75. The molecule has 1 aromatic rings. The minimum absolute atomic E-state index is 0.153. The Hall–Kier alpha value is -2.62. The fourth-order valence-corrected chi connectivity index (χ4v) is 4.06. The number of nitrogens with one attached hydrogen (secondary N) is 2. The molecule has 164 valence electrons. The maximum absolute atomic E-state index is 14.1. The van der Waals surface area contributed by atoms with Crippen LogP contribution in [0.5, 0.6) is 0 Å². The smallest absolute Gasteiger partial charge is 0.240 e. The molecule has 0 spiro atoms. The zero-order valence-electron chi connectivity index (χ0n) is 16.4. The van der Waals surface area contributed by atoms with Gasteiger partial charge >= 0.3 is 0 Å². The van der Waals surface area contributed by atoms with E-state index in [0.29, 0.717) is 38.4 Å². The Morgan fingerprint density at radius 1 is 1.13 bits per heavy atom. The number of likely N-dealkylation sites (tertiary alicyclic amines) is 1. The minimum atomic E-state index is -1.32. The SMILES string of the molecule is NC(=O)C1CCCN1C(=O)C[C@@H](Cc1cc(F)c(F)cc1F)NC(=O)C1CCCN1. The van der Waals surface area contributed by atoms with Crippen LogP contribution in [0.4, 0.5) is 13.2 Å². The highest BCUT2D eigenvalue weighted by Crippen LogP contribution is 2.21. The summed E-state index contributed by atoms with van der Waals surface area (Å²) in [5.74, 6) is -4.86. The van der Waals surface area contributed by atoms with Crippen molar-refractivity contribution in [1.82, 2.24) is 15.5 Å². The minimum Gasteiger partial charge on any atom is -0.368 e. The van der Waals surface area contributed by atoms with Crippen molar-refractivity contribution in [2.45, 2.75) is 56.7 Å². The summed E-state index contributed by atoms with van der Waals surface area (Å²) >= 11 is 0. The van der Waals surface area contributed by atoms with Gasteiger partial charge in [-0.15, -0.1) is 0 Å². The molecule has 2 aliphatic rings. The van der Waals surface area contributed by atoms with E-state index in [1.807, 2.05) is 0 Å². The zero-order chi connectivity index (χ0) is 21.8. The normalized spacial score (nSPS) is 22.2. The number of halogens is 3. The van der Waals surface area contributed by atoms with E-state index in [1.54, 1.807) is 0 Å². The third kappa shape index (κ3) is 5.10. The molecule has 0 radical (unpaired) electrons. The number of amides is 3. The molecule has 0 aliphatic carbocycles. The topological polar surface area (TPSA) is 105 Å². The standard InChI is InChI=1S/C20H25F3N4O3/c21-13-10-15(23)14(22)8-11(13)7-12(26-20(30)16-3-1-5-25-16)9-18(28)27-6-2-4-17(27)19(24)29/h8,10,12,16-17,25H,1-7,9H2,(H2,24,29)(H,26,30)/t12-,16?,17?/m1/s1. The van der Waals surface area contributed by atoms with E-state index in [4.69, 9.17) is 5.73 Å². The van der Waals surface area contributed by atoms with Crippen molar-refractivity contribution < 1.29 is 27.6 Å². The van der Waals surface area contributed by atoms with Crippen LogP contribution in [-0.2, 0) is 20.8 Å². The van der Waals surface area contributed by atoms with Crippen LogP contribution >= 0.6 is 0 Å². The van der Waals surface area contributed by atoms with Gasteiger partial charge < -0.3 is 21.3 Å². The molecule has 2 saturated heterocycles. The number of hydrogen-bond donors (Lipinski definition) is 3. The first-order chi connectivity index (χ1) is 14.3. The predicted molar refractivity (Wildman–Crippen MR) is 102 cm³/mol. The van der Waals surface area contributed by atoms with E-state index >= 15 is 0 Å². The zero-order valence-corrected chi connectivity index (χ0v) is 16.4. The van der Waals surface area contributed by atoms with Crippen LogP contribution in [0.3, 0.4) is 0 Å². The van der Waals surface area contributed by atoms with Crippen molar-refractivity contribution in [3.63, 3.8) is 0 Å². The third-order valence-corrected chi connectivity index (χ3v) is 5.60. The van der Waals surface area contributed by atoms with Crippen molar-refractivity contribution in [2.75, 3.05) is 13.1 Å². The van der Waals surface area contributed by atoms with Crippen molar-refractivity contribution >= 4 is 17.7 Å². The predicted octanol–water partition coefficient (Wildman–Crippen LogP) is 0.750. The molecule has 2 fully saturated rings. The lowest BCUT2D eigenvalue weighted by Gasteiger charge is -2.26. The Morgan fingerprint density at radius 2 is 1.87 bits per heavy atom. The van der Waals surface area contributed by atoms with Crippen molar-refractivity contribution in [2.24, 2.45) is 5.73 Å². The van der Waals surface area contributed by atoms with Crippen LogP contribution in [0.25, 0.3) is 0 Å². The number of benzene rings is 1. The Bertz CT molecular complexity index is 830. The first-order valence-electron chi connectivity index (χ1n) is 10.0. The van der Waals surface area contributed by atoms with Crippen LogP contribution in [-0.4, -0.2) is 53.8 Å². The number of carbonyl (C=O) groups is 3. The molecular formula is C20H25F3N4O3. The van der Waals surface area contributed by atoms with Gasteiger partial charge in [0.15, 0.2) is 11.6 Å². The van der Waals surface area contributed by atoms with Gasteiger partial charge in [-0.25, -0.2) is 13.2 Å². The van der Waals surface area contributed by atoms with Gasteiger partial charge in [-0.05, 0) is 50.3 Å². The van der Waals surface area contributed by atoms with Gasteiger partial charge in [0.25, 0.3) is 0 Å². The van der Waals surface area contributed by atoms with E-state index in [0.717, 1.165) is 12.5 Å². The van der Waals surface area contributed by atoms with E-state index in [-0.39, 0.29) is 24.3 Å². The molecule has 0 saturated carbocycles. The molecule has 7 nitrogen and oxygen atoms in total. The number of primary amides is 1. The number of nitrogens with two attached hydrogens (primary N) is 1. The summed E-state index contributed by atoms with van der Waals surface area (Å²) in [6.07, 6.45) is 2.11. The van der Waals surface area contributed by atoms with Gasteiger partial charge in [-0.3, -0.25) is 14.4 Å². The first kappa shape index (κ1) is 22.1. The van der Waals surface area contributed by atoms with E-state index in [9.17, 15) is 27.6 Å². The number of rotatable bonds is 7. The highest BCUT2D eigenvalue weighted by Gasteiger charge is 2.34. The fraction of sp³-hybridized carbons (Fsp3) is 0.550. The maximum Gasteiger partial charge on any atom is 0.240 e. The Morgan fingerprint density at radius 3 is 2.53 bits per heavy atom. The Labute approximate surface area is 172 Å². The summed E-state index contributed by atoms with van der Waals surface area (Å²) in [6.45, 7) is 1.05. The molecular weight excluding hydrogens is 401 g/mol. The first-order valence-corrected chi connectivity index (χ1v) is 10.0. The number of hydrogen-bond acceptors (Lipinski definition) is 4. The lowest BCUT2D eigenvalue weighted by Crippen LogP contribution is -2.49. The average molecular weight is 426 g/mol. The monoisotopic (exact) mass is 426 g/mol. The summed E-state index contributed by atoms with van der Waals surface area (Å²) < 4.78 is 41.0. The lowest BCUT2D eigenvalue weighted by molar-refractivity contribution is -0.138. The molecule has 3 atom stereocenters. The summed E-state index contributed by atoms with van der Waals surface area (Å²) in [6, 6.07) is -0.841. The largest absolute Gasteiger partial charge is 0.368 e. The number of carbonyl (C=O) groups excluding carboxylic acids is 3. The Balaban J connectivity index is 1.76. The van der Waals surface area contributed by atoms with Gasteiger partial charge in [0.05, 0.1) is 6.04 Å². The molecule has 10 heteroatoms. The molecule has 4 N–H and O–H groups in total. The van der Waals surface area contributed by atoms with Crippen molar-refractivity contribution in [3.8, 4) is 0 Å². The van der Waals surface area contributed by atoms with E-state index < -0.39 is 47.4 Å². The van der Waals surface area contributed by atoms with Crippen LogP contribution < -0.4 is 16.4 Å². The van der Waals surface area contributed by atoms with Gasteiger partial charge in [0.2, 0.25) is 17.7 Å². The summed E-state index contributed by atoms with van der Waals surface area (Å²) in [7, 11) is 0. The molecule has 2 heterocycles. The van der Waals surface area contributed by atoms with Gasteiger partial charge in [0.1, 0.15) is 11.9 Å². The van der Waals surface area contributed by atoms with Crippen molar-refractivity contribution in [1.29, 1.82) is 0 Å². The average Bonchev–Trinajstić information content (AvgIpc) is 3.37. The van der Waals surface area contributed by atoms with Gasteiger partial charge in [0, 0.05) is 25.1 Å². The van der Waals surface area contributed by atoms with Gasteiger partial charge in [-0.1, -0.05) is 0 Å². The molecule has 30 heavy (non-hydrogen) atoms. The molecule has 0 aromatic heterocycles. The molecule has 0 bridgehead atoms. The van der Waals surface area contributed by atoms with Crippen LogP contribution in [0.15, 0.2) is 12.1 Å². The molecule has 3 amide bonds. The van der Waals surface area contributed by atoms with Crippen LogP contribution in [0, 0.1) is 17.5 Å². The second kappa shape index (κ2) is 9.46. The second-order valence-electron chi connectivity index (χ2n) is 7.77. The molecule has 2 aliphatic heterocycles. The summed E-state index contributed by atoms with van der Waals surface area (Å²) in [5.41, 5.74) is 5.20. The van der Waals surface area contributed by atoms with Crippen LogP contribution in [0.1, 0.15) is 37.7 Å². The van der Waals surface area contributed by atoms with E-state index in [2.05, 4.69) is 10.6 Å². The number of nitrogens with zero attached hydrogens (tertiary/aromatic N) is 1. The lowest BCUT2D eigenvalue weighted by atomic mass is 10.0. The quantitative estimate of drug-likeness (QED) is 0.560. The highest BCUT2D eigenvalue weighted by molar-refractivity contribution is 5.88. The molecule has 1 aromatic carbocycles. The third-order valence-electron chi connectivity index (χ3n) is 5.60. The van der Waals surface area contributed by atoms with Crippen LogP contribution in [0.2, 0.25) is 0 Å². The van der Waals surface area contributed by atoms with E-state index in [1.165, 1.54) is 4.90 Å². The highest BCUT2D eigenvalue weighted by atomic mass is 19.2. The molecule has 3 rings (SSSR count). The molecule has 2 unspecified atom stereocenters. The Kier molecular flexibility index (Phi) is 6.96. The van der Waals surface area contributed by atoms with Crippen molar-refractivity contribution in [3.05, 3.63) is 35.1 Å². The second-order valence-corrected chi connectivity index (χ2v) is 7.77. The maximum atomic E-state index is 14.1.